The average Bonchev–Trinajstić information content (AvgIpc) is 3.02. The molecule has 20 heavy (non-hydrogen) atoms. The van der Waals surface area contributed by atoms with E-state index in [9.17, 15) is 0 Å². The fourth-order valence-electron chi connectivity index (χ4n) is 2.46. The Labute approximate surface area is 122 Å². The molecule has 1 N–H and O–H groups in total. The molecule has 0 radical (unpaired) electrons. The summed E-state index contributed by atoms with van der Waals surface area (Å²) >= 11 is 1.40. The second-order valence-electron chi connectivity index (χ2n) is 4.79. The molecule has 2 aromatic carbocycles. The molecule has 1 atom stereocenters. The molecule has 1 unspecified atom stereocenters. The Balaban J connectivity index is 2.09. The third kappa shape index (κ3) is 2.57. The van der Waals surface area contributed by atoms with Crippen molar-refractivity contribution >= 4 is 22.3 Å². The van der Waals surface area contributed by atoms with Gasteiger partial charge in [0.15, 0.2) is 0 Å². The van der Waals surface area contributed by atoms with Crippen molar-refractivity contribution in [1.29, 1.82) is 0 Å². The fraction of sp³-hybridized carbons (Fsp3) is 0.250. The molecule has 0 bridgehead atoms. The SMILES string of the molecule is CCCNC(c1csnn1)c1cccc2ccccc12. The molecule has 3 nitrogen and oxygen atoms in total. The number of hydrogen-bond donors (Lipinski definition) is 1. The van der Waals surface area contributed by atoms with Gasteiger partial charge in [0.1, 0.15) is 0 Å². The van der Waals surface area contributed by atoms with E-state index in [4.69, 9.17) is 0 Å². The highest BCUT2D eigenvalue weighted by molar-refractivity contribution is 7.03. The van der Waals surface area contributed by atoms with E-state index in [1.165, 1.54) is 27.9 Å². The van der Waals surface area contributed by atoms with Gasteiger partial charge in [0.25, 0.3) is 0 Å². The highest BCUT2D eigenvalue weighted by Crippen LogP contribution is 2.28. The molecule has 1 aromatic heterocycles. The minimum absolute atomic E-state index is 0.111. The summed E-state index contributed by atoms with van der Waals surface area (Å²) in [7, 11) is 0. The quantitative estimate of drug-likeness (QED) is 0.774. The number of rotatable bonds is 5. The summed E-state index contributed by atoms with van der Waals surface area (Å²) in [6.07, 6.45) is 1.10. The van der Waals surface area contributed by atoms with E-state index < -0.39 is 0 Å². The van der Waals surface area contributed by atoms with Crippen molar-refractivity contribution in [3.63, 3.8) is 0 Å². The van der Waals surface area contributed by atoms with Crippen LogP contribution in [0.1, 0.15) is 30.6 Å². The van der Waals surface area contributed by atoms with Crippen LogP contribution < -0.4 is 5.32 Å². The molecular weight excluding hydrogens is 266 g/mol. The number of nitrogens with zero attached hydrogens (tertiary/aromatic N) is 2. The van der Waals surface area contributed by atoms with Crippen LogP contribution in [-0.2, 0) is 0 Å². The van der Waals surface area contributed by atoms with Crippen molar-refractivity contribution in [3.05, 3.63) is 59.1 Å². The Morgan fingerprint density at radius 1 is 1.15 bits per heavy atom. The smallest absolute Gasteiger partial charge is 0.0970 e. The predicted octanol–water partition coefficient (Wildman–Crippen LogP) is 3.78. The second-order valence-corrected chi connectivity index (χ2v) is 5.40. The van der Waals surface area contributed by atoms with Crippen molar-refractivity contribution in [2.24, 2.45) is 0 Å². The normalized spacial score (nSPS) is 12.7. The van der Waals surface area contributed by atoms with Crippen LogP contribution in [0.2, 0.25) is 0 Å². The van der Waals surface area contributed by atoms with Gasteiger partial charge in [-0.3, -0.25) is 0 Å². The summed E-state index contributed by atoms with van der Waals surface area (Å²) in [6, 6.07) is 15.0. The molecule has 3 aromatic rings. The van der Waals surface area contributed by atoms with Crippen molar-refractivity contribution in [2.75, 3.05) is 6.54 Å². The zero-order valence-corrected chi connectivity index (χ0v) is 12.2. The summed E-state index contributed by atoms with van der Waals surface area (Å²) in [5.74, 6) is 0. The lowest BCUT2D eigenvalue weighted by Gasteiger charge is -2.18. The van der Waals surface area contributed by atoms with Crippen molar-refractivity contribution in [3.8, 4) is 0 Å². The van der Waals surface area contributed by atoms with Gasteiger partial charge >= 0.3 is 0 Å². The summed E-state index contributed by atoms with van der Waals surface area (Å²) in [5.41, 5.74) is 2.27. The minimum Gasteiger partial charge on any atom is -0.305 e. The number of fused-ring (bicyclic) bond motifs is 1. The Kier molecular flexibility index (Phi) is 4.04. The largest absolute Gasteiger partial charge is 0.305 e. The maximum absolute atomic E-state index is 4.26. The molecule has 4 heteroatoms. The number of hydrogen-bond acceptors (Lipinski definition) is 4. The molecule has 0 spiro atoms. The van der Waals surface area contributed by atoms with Gasteiger partial charge in [-0.05, 0) is 40.8 Å². The van der Waals surface area contributed by atoms with Crippen LogP contribution in [0.25, 0.3) is 10.8 Å². The number of aromatic nitrogens is 2. The highest BCUT2D eigenvalue weighted by Gasteiger charge is 2.18. The van der Waals surface area contributed by atoms with E-state index in [2.05, 4.69) is 64.3 Å². The molecule has 0 saturated heterocycles. The van der Waals surface area contributed by atoms with Crippen LogP contribution in [-0.4, -0.2) is 16.1 Å². The third-order valence-electron chi connectivity index (χ3n) is 3.41. The maximum Gasteiger partial charge on any atom is 0.0970 e. The molecule has 1 heterocycles. The van der Waals surface area contributed by atoms with Crippen LogP contribution in [0.5, 0.6) is 0 Å². The van der Waals surface area contributed by atoms with Gasteiger partial charge in [-0.25, -0.2) is 0 Å². The zero-order valence-electron chi connectivity index (χ0n) is 11.4. The summed E-state index contributed by atoms with van der Waals surface area (Å²) in [6.45, 7) is 3.14. The third-order valence-corrected chi connectivity index (χ3v) is 3.93. The van der Waals surface area contributed by atoms with Crippen LogP contribution in [0.4, 0.5) is 0 Å². The zero-order chi connectivity index (χ0) is 13.8. The van der Waals surface area contributed by atoms with Gasteiger partial charge in [-0.2, -0.15) is 0 Å². The molecule has 0 amide bonds. The van der Waals surface area contributed by atoms with Gasteiger partial charge < -0.3 is 5.32 Å². The van der Waals surface area contributed by atoms with Crippen LogP contribution in [0, 0.1) is 0 Å². The summed E-state index contributed by atoms with van der Waals surface area (Å²) in [5, 5.41) is 12.4. The average molecular weight is 283 g/mol. The predicted molar refractivity (Wildman–Crippen MR) is 84.0 cm³/mol. The van der Waals surface area contributed by atoms with Crippen LogP contribution >= 0.6 is 11.5 Å². The lowest BCUT2D eigenvalue weighted by Crippen LogP contribution is -2.23. The first-order valence-electron chi connectivity index (χ1n) is 6.88. The molecular formula is C16H17N3S. The van der Waals surface area contributed by atoms with Crippen molar-refractivity contribution < 1.29 is 0 Å². The van der Waals surface area contributed by atoms with Gasteiger partial charge in [-0.1, -0.05) is 53.9 Å². The first-order valence-corrected chi connectivity index (χ1v) is 7.72. The first kappa shape index (κ1) is 13.2. The molecule has 3 rings (SSSR count). The lowest BCUT2D eigenvalue weighted by atomic mass is 9.97. The minimum atomic E-state index is 0.111. The molecule has 102 valence electrons. The highest BCUT2D eigenvalue weighted by atomic mass is 32.1. The molecule has 0 aliphatic rings. The first-order chi connectivity index (χ1) is 9.90. The van der Waals surface area contributed by atoms with E-state index in [0.29, 0.717) is 0 Å². The molecule has 0 aliphatic heterocycles. The number of nitrogens with one attached hydrogen (secondary N) is 1. The second kappa shape index (κ2) is 6.11. The Morgan fingerprint density at radius 2 is 2.00 bits per heavy atom. The maximum atomic E-state index is 4.26. The van der Waals surface area contributed by atoms with E-state index in [1.54, 1.807) is 0 Å². The van der Waals surface area contributed by atoms with E-state index in [0.717, 1.165) is 18.7 Å². The van der Waals surface area contributed by atoms with Crippen molar-refractivity contribution in [1.82, 2.24) is 14.9 Å². The summed E-state index contributed by atoms with van der Waals surface area (Å²) in [4.78, 5) is 0. The summed E-state index contributed by atoms with van der Waals surface area (Å²) < 4.78 is 4.01. The van der Waals surface area contributed by atoms with E-state index >= 15 is 0 Å². The van der Waals surface area contributed by atoms with Gasteiger partial charge in [0.05, 0.1) is 11.7 Å². The molecule has 0 fully saturated rings. The molecule has 0 saturated carbocycles. The fourth-order valence-corrected chi connectivity index (χ4v) is 2.94. The van der Waals surface area contributed by atoms with Crippen LogP contribution in [0.15, 0.2) is 47.8 Å². The van der Waals surface area contributed by atoms with Crippen LogP contribution in [0.3, 0.4) is 0 Å². The van der Waals surface area contributed by atoms with Crippen molar-refractivity contribution in [2.45, 2.75) is 19.4 Å². The van der Waals surface area contributed by atoms with Gasteiger partial charge in [0.2, 0.25) is 0 Å². The van der Waals surface area contributed by atoms with Gasteiger partial charge in [0, 0.05) is 5.38 Å². The lowest BCUT2D eigenvalue weighted by molar-refractivity contribution is 0.588. The standard InChI is InChI=1S/C16H17N3S/c1-2-10-17-16(15-11-20-19-18-15)14-9-5-7-12-6-3-4-8-13(12)14/h3-9,11,16-17H,2,10H2,1H3. The van der Waals surface area contributed by atoms with E-state index in [1.807, 2.05) is 5.38 Å². The Hall–Kier alpha value is -1.78. The Morgan fingerprint density at radius 3 is 2.80 bits per heavy atom. The topological polar surface area (TPSA) is 37.8 Å². The Bertz CT molecular complexity index is 674. The number of benzene rings is 2. The molecule has 0 aliphatic carbocycles. The van der Waals surface area contributed by atoms with E-state index in [-0.39, 0.29) is 6.04 Å². The monoisotopic (exact) mass is 283 g/mol. The van der Waals surface area contributed by atoms with Gasteiger partial charge in [-0.15, -0.1) is 5.10 Å².